The van der Waals surface area contributed by atoms with Gasteiger partial charge in [-0.2, -0.15) is 0 Å². The van der Waals surface area contributed by atoms with E-state index in [-0.39, 0.29) is 12.5 Å². The molecule has 2 rings (SSSR count). The van der Waals surface area contributed by atoms with Crippen molar-refractivity contribution < 1.29 is 4.79 Å². The van der Waals surface area contributed by atoms with Crippen LogP contribution in [0.15, 0.2) is 35.3 Å². The number of hydrogen-bond donors (Lipinski definition) is 3. The first kappa shape index (κ1) is 17.3. The van der Waals surface area contributed by atoms with Crippen LogP contribution in [-0.2, 0) is 4.79 Å². The lowest BCUT2D eigenvalue weighted by Gasteiger charge is -2.28. The number of carbonyl (C=O) groups excluding carboxylic acids is 1. The van der Waals surface area contributed by atoms with Gasteiger partial charge in [-0.3, -0.25) is 9.79 Å². The second kappa shape index (κ2) is 8.56. The summed E-state index contributed by atoms with van der Waals surface area (Å²) in [5.74, 6) is 0.609. The number of nitrogens with zero attached hydrogens (tertiary/aromatic N) is 1. The maximum Gasteiger partial charge on any atom is 0.243 e. The molecule has 0 atom stereocenters. The molecule has 1 aliphatic carbocycles. The summed E-state index contributed by atoms with van der Waals surface area (Å²) in [6, 6.07) is 9.46. The third-order valence-corrected chi connectivity index (χ3v) is 4.74. The predicted molar refractivity (Wildman–Crippen MR) is 95.6 cm³/mol. The Hall–Kier alpha value is -2.04. The number of hydrogen-bond acceptors (Lipinski definition) is 2. The van der Waals surface area contributed by atoms with Gasteiger partial charge >= 0.3 is 0 Å². The number of aliphatic imine (C=N–C) groups is 1. The SMILES string of the molecule is CCC1(CNC(=NC)NCC(=O)Nc2ccccc2)CCCC1. The van der Waals surface area contributed by atoms with E-state index in [1.165, 1.54) is 32.1 Å². The van der Waals surface area contributed by atoms with Crippen LogP contribution in [0.2, 0.25) is 0 Å². The van der Waals surface area contributed by atoms with Crippen LogP contribution in [0.1, 0.15) is 39.0 Å². The predicted octanol–water partition coefficient (Wildman–Crippen LogP) is 2.76. The molecule has 1 amide bonds. The van der Waals surface area contributed by atoms with Crippen LogP contribution in [0.5, 0.6) is 0 Å². The largest absolute Gasteiger partial charge is 0.356 e. The number of amides is 1. The molecule has 1 aliphatic rings. The van der Waals surface area contributed by atoms with Gasteiger partial charge < -0.3 is 16.0 Å². The van der Waals surface area contributed by atoms with Crippen molar-refractivity contribution in [3.8, 4) is 0 Å². The number of guanidine groups is 1. The molecule has 0 saturated heterocycles. The van der Waals surface area contributed by atoms with Crippen LogP contribution in [0, 0.1) is 5.41 Å². The lowest BCUT2D eigenvalue weighted by atomic mass is 9.83. The zero-order valence-corrected chi connectivity index (χ0v) is 14.2. The van der Waals surface area contributed by atoms with E-state index in [4.69, 9.17) is 0 Å². The number of nitrogens with one attached hydrogen (secondary N) is 3. The summed E-state index contributed by atoms with van der Waals surface area (Å²) in [5.41, 5.74) is 1.20. The topological polar surface area (TPSA) is 65.5 Å². The Morgan fingerprint density at radius 1 is 1.17 bits per heavy atom. The minimum atomic E-state index is -0.0785. The highest BCUT2D eigenvalue weighted by molar-refractivity contribution is 5.94. The molecule has 3 N–H and O–H groups in total. The first-order chi connectivity index (χ1) is 11.2. The molecule has 0 bridgehead atoms. The summed E-state index contributed by atoms with van der Waals surface area (Å²) >= 11 is 0. The highest BCUT2D eigenvalue weighted by Crippen LogP contribution is 2.40. The van der Waals surface area contributed by atoms with E-state index in [0.717, 1.165) is 12.2 Å². The van der Waals surface area contributed by atoms with Crippen molar-refractivity contribution >= 4 is 17.6 Å². The van der Waals surface area contributed by atoms with Gasteiger partial charge in [-0.25, -0.2) is 0 Å². The summed E-state index contributed by atoms with van der Waals surface area (Å²) in [5, 5.41) is 9.32. The molecule has 0 aromatic heterocycles. The monoisotopic (exact) mass is 316 g/mol. The lowest BCUT2D eigenvalue weighted by molar-refractivity contribution is -0.115. The number of benzene rings is 1. The molecule has 1 fully saturated rings. The van der Waals surface area contributed by atoms with E-state index < -0.39 is 0 Å². The van der Waals surface area contributed by atoms with Crippen molar-refractivity contribution in [1.82, 2.24) is 10.6 Å². The molecular formula is C18H28N4O. The fraction of sp³-hybridized carbons (Fsp3) is 0.556. The third kappa shape index (κ3) is 5.27. The van der Waals surface area contributed by atoms with Gasteiger partial charge in [0, 0.05) is 19.3 Å². The Labute approximate surface area is 139 Å². The summed E-state index contributed by atoms with van der Waals surface area (Å²) in [7, 11) is 1.73. The van der Waals surface area contributed by atoms with Gasteiger partial charge in [-0.1, -0.05) is 38.0 Å². The van der Waals surface area contributed by atoms with E-state index in [9.17, 15) is 4.79 Å². The van der Waals surface area contributed by atoms with Crippen molar-refractivity contribution in [1.29, 1.82) is 0 Å². The Balaban J connectivity index is 1.75. The molecule has 23 heavy (non-hydrogen) atoms. The lowest BCUT2D eigenvalue weighted by Crippen LogP contribution is -2.45. The first-order valence-corrected chi connectivity index (χ1v) is 8.47. The van der Waals surface area contributed by atoms with E-state index in [1.54, 1.807) is 7.05 Å². The maximum atomic E-state index is 12.0. The van der Waals surface area contributed by atoms with E-state index in [2.05, 4.69) is 27.9 Å². The molecule has 0 heterocycles. The molecule has 0 radical (unpaired) electrons. The zero-order valence-electron chi connectivity index (χ0n) is 14.2. The van der Waals surface area contributed by atoms with Gasteiger partial charge in [0.25, 0.3) is 0 Å². The van der Waals surface area contributed by atoms with Crippen LogP contribution in [-0.4, -0.2) is 32.0 Å². The Morgan fingerprint density at radius 3 is 2.48 bits per heavy atom. The highest BCUT2D eigenvalue weighted by Gasteiger charge is 2.31. The normalized spacial score (nSPS) is 16.9. The van der Waals surface area contributed by atoms with Crippen LogP contribution >= 0.6 is 0 Å². The van der Waals surface area contributed by atoms with Gasteiger partial charge in [-0.15, -0.1) is 0 Å². The molecule has 5 heteroatoms. The minimum Gasteiger partial charge on any atom is -0.356 e. The number of carbonyl (C=O) groups is 1. The Kier molecular flexibility index (Phi) is 6.44. The average molecular weight is 316 g/mol. The average Bonchev–Trinajstić information content (AvgIpc) is 3.05. The Morgan fingerprint density at radius 2 is 1.87 bits per heavy atom. The van der Waals surface area contributed by atoms with Gasteiger partial charge in [0.2, 0.25) is 5.91 Å². The molecule has 0 aliphatic heterocycles. The molecule has 1 aromatic rings. The molecular weight excluding hydrogens is 288 g/mol. The fourth-order valence-corrected chi connectivity index (χ4v) is 3.16. The van der Waals surface area contributed by atoms with Gasteiger partial charge in [-0.05, 0) is 36.8 Å². The zero-order chi connectivity index (χ0) is 16.5. The standard InChI is InChI=1S/C18H28N4O/c1-3-18(11-7-8-12-18)14-21-17(19-2)20-13-16(23)22-15-9-5-4-6-10-15/h4-6,9-10H,3,7-8,11-14H2,1-2H3,(H,22,23)(H2,19,20,21). The molecule has 1 aromatic carbocycles. The Bertz CT molecular complexity index is 521. The molecule has 1 saturated carbocycles. The second-order valence-corrected chi connectivity index (χ2v) is 6.25. The molecule has 5 nitrogen and oxygen atoms in total. The van der Waals surface area contributed by atoms with E-state index >= 15 is 0 Å². The van der Waals surface area contributed by atoms with Crippen molar-refractivity contribution in [3.05, 3.63) is 30.3 Å². The van der Waals surface area contributed by atoms with Gasteiger partial charge in [0.05, 0.1) is 6.54 Å². The third-order valence-electron chi connectivity index (χ3n) is 4.74. The number of para-hydroxylation sites is 1. The van der Waals surface area contributed by atoms with Crippen molar-refractivity contribution in [3.63, 3.8) is 0 Å². The quantitative estimate of drug-likeness (QED) is 0.558. The number of anilines is 1. The van der Waals surface area contributed by atoms with Crippen LogP contribution in [0.3, 0.4) is 0 Å². The van der Waals surface area contributed by atoms with Crippen LogP contribution in [0.4, 0.5) is 5.69 Å². The smallest absolute Gasteiger partial charge is 0.243 e. The van der Waals surface area contributed by atoms with E-state index in [0.29, 0.717) is 11.4 Å². The molecule has 0 spiro atoms. The van der Waals surface area contributed by atoms with Crippen LogP contribution < -0.4 is 16.0 Å². The van der Waals surface area contributed by atoms with Gasteiger partial charge in [0.1, 0.15) is 0 Å². The first-order valence-electron chi connectivity index (χ1n) is 8.47. The summed E-state index contributed by atoms with van der Waals surface area (Å²) < 4.78 is 0. The fourth-order valence-electron chi connectivity index (χ4n) is 3.16. The summed E-state index contributed by atoms with van der Waals surface area (Å²) in [6.07, 6.45) is 6.39. The van der Waals surface area contributed by atoms with Crippen LogP contribution in [0.25, 0.3) is 0 Å². The molecule has 126 valence electrons. The maximum absolute atomic E-state index is 12.0. The van der Waals surface area contributed by atoms with Gasteiger partial charge in [0.15, 0.2) is 5.96 Å². The van der Waals surface area contributed by atoms with Crippen molar-refractivity contribution in [2.24, 2.45) is 10.4 Å². The van der Waals surface area contributed by atoms with Crippen molar-refractivity contribution in [2.45, 2.75) is 39.0 Å². The highest BCUT2D eigenvalue weighted by atomic mass is 16.1. The van der Waals surface area contributed by atoms with Crippen molar-refractivity contribution in [2.75, 3.05) is 25.5 Å². The van der Waals surface area contributed by atoms with E-state index in [1.807, 2.05) is 30.3 Å². The summed E-state index contributed by atoms with van der Waals surface area (Å²) in [4.78, 5) is 16.2. The summed E-state index contributed by atoms with van der Waals surface area (Å²) in [6.45, 7) is 3.38. The minimum absolute atomic E-state index is 0.0785. The second-order valence-electron chi connectivity index (χ2n) is 6.25. The molecule has 0 unspecified atom stereocenters. The number of rotatable bonds is 6.